The zero-order chi connectivity index (χ0) is 51.2. The molecule has 27 heteroatoms. The van der Waals surface area contributed by atoms with Gasteiger partial charge in [-0.25, -0.2) is 0 Å². The molecule has 3 rings (SSSR count). The van der Waals surface area contributed by atoms with Gasteiger partial charge in [-0.05, 0) is 56.6 Å². The number of aliphatic imine (C=N–C) groups is 1. The molecule has 2 heterocycles. The first-order valence-corrected chi connectivity index (χ1v) is 24.8. The molecule has 9 atom stereocenters. The fourth-order valence-corrected chi connectivity index (χ4v) is 8.21. The number of hydrogen-bond acceptors (Lipinski definition) is 16. The van der Waals surface area contributed by atoms with Crippen LogP contribution < -0.4 is 54.0 Å². The van der Waals surface area contributed by atoms with Crippen molar-refractivity contribution in [3.63, 3.8) is 0 Å². The van der Waals surface area contributed by atoms with Gasteiger partial charge in [-0.2, -0.15) is 37.0 Å². The van der Waals surface area contributed by atoms with Crippen LogP contribution in [0, 0.1) is 0 Å². The first kappa shape index (κ1) is 57.7. The second-order valence-electron chi connectivity index (χ2n) is 16.2. The van der Waals surface area contributed by atoms with Crippen LogP contribution >= 0.6 is 37.0 Å². The molecule has 0 aliphatic carbocycles. The number of hydrogen-bond donors (Lipinski definition) is 14. The molecule has 0 saturated carbocycles. The van der Waals surface area contributed by atoms with E-state index in [0.29, 0.717) is 17.7 Å². The maximum atomic E-state index is 14.1. The van der Waals surface area contributed by atoms with Gasteiger partial charge in [0.1, 0.15) is 54.2 Å². The van der Waals surface area contributed by atoms with E-state index in [-0.39, 0.29) is 69.1 Å². The third kappa shape index (κ3) is 18.7. The lowest BCUT2D eigenvalue weighted by Gasteiger charge is -2.30. The number of nitrogens with one attached hydrogen (secondary N) is 8. The second-order valence-corrected chi connectivity index (χ2v) is 17.9. The first-order chi connectivity index (χ1) is 32.8. The Hall–Kier alpha value is -5.64. The third-order valence-corrected chi connectivity index (χ3v) is 12.3. The van der Waals surface area contributed by atoms with Gasteiger partial charge in [-0.1, -0.05) is 30.3 Å². The van der Waals surface area contributed by atoms with Crippen LogP contribution in [-0.4, -0.2) is 184 Å². The average Bonchev–Trinajstić information content (AvgIpc) is 3.82. The molecule has 0 bridgehead atoms. The van der Waals surface area contributed by atoms with Gasteiger partial charge < -0.3 is 69.1 Å². The van der Waals surface area contributed by atoms with Crippen LogP contribution in [0.1, 0.15) is 51.0 Å². The van der Waals surface area contributed by atoms with E-state index >= 15 is 0 Å². The molecular formula is C42H64N12O12S3. The number of rotatable bonds is 15. The number of carbonyl (C=O) groups is 10. The van der Waals surface area contributed by atoms with E-state index in [4.69, 9.17) is 11.5 Å². The topological polar surface area (TPSA) is 375 Å². The van der Waals surface area contributed by atoms with E-state index in [1.807, 2.05) is 0 Å². The van der Waals surface area contributed by atoms with E-state index in [9.17, 15) is 58.2 Å². The molecule has 382 valence electrons. The van der Waals surface area contributed by atoms with Gasteiger partial charge in [0.05, 0.1) is 25.6 Å². The fourth-order valence-electron chi connectivity index (χ4n) is 7.22. The number of amides is 9. The number of thioether (sulfide) groups is 1. The quantitative estimate of drug-likeness (QED) is 0.0340. The van der Waals surface area contributed by atoms with Crippen molar-refractivity contribution in [3.05, 3.63) is 35.9 Å². The normalized spacial score (nSPS) is 26.1. The zero-order valence-electron chi connectivity index (χ0n) is 38.3. The number of aliphatic hydroxyl groups is 1. The number of fused-ring (bicyclic) bond motifs is 1. The van der Waals surface area contributed by atoms with Crippen molar-refractivity contribution in [2.75, 3.05) is 49.7 Å². The minimum absolute atomic E-state index is 0.0374. The third-order valence-electron chi connectivity index (χ3n) is 10.9. The minimum atomic E-state index is -1.75. The number of thiol groups is 2. The number of aliphatic carboxylic acids is 1. The van der Waals surface area contributed by atoms with Gasteiger partial charge in [0.15, 0.2) is 0 Å². The number of aliphatic hydroxyl groups excluding tert-OH is 1. The molecule has 9 amide bonds. The predicted octanol–water partition coefficient (Wildman–Crippen LogP) is -4.69. The van der Waals surface area contributed by atoms with Crippen LogP contribution in [0.3, 0.4) is 0 Å². The summed E-state index contributed by atoms with van der Waals surface area (Å²) in [6, 6.07) is -3.08. The minimum Gasteiger partial charge on any atom is -0.481 e. The Morgan fingerprint density at radius 2 is 1.36 bits per heavy atom. The van der Waals surface area contributed by atoms with Crippen molar-refractivity contribution in [1.29, 1.82) is 0 Å². The van der Waals surface area contributed by atoms with Crippen LogP contribution in [0.2, 0.25) is 0 Å². The number of amidine groups is 1. The standard InChI is InChI=1S/C42H64N12O12S3/c1-22(55)34-41(65)48-24(10-6-13-45-31(44)18-43)35(59)46-19-32(56)47-27(17-33(57)58)36(60)49-25(12-15-69-2)42(66)54-14-7-11-30(54)40(64)52-29(21-68)39(63)51-28(20-67)38(62)50-26(37(61)53-34)16-23-8-4-3-5-9-23/h3-5,8-9,22,24-30,34,55,67-68H,6-7,10-21,43H2,1-2H3,(H2,44,45)(H,46,59)(H,47,56)(H,48,65)(H,49,60)(H,50,62)(H,51,63)(H,52,64)(H,53,61)(H,57,58)/t22?,24-,25-,26-,27-,28+,29+,30-,34-/m0/s1. The Kier molecular flexibility index (Phi) is 24.6. The maximum absolute atomic E-state index is 14.1. The van der Waals surface area contributed by atoms with Gasteiger partial charge in [0.25, 0.3) is 0 Å². The Balaban J connectivity index is 2.09. The second kappa shape index (κ2) is 29.4. The Morgan fingerprint density at radius 3 is 1.96 bits per heavy atom. The Bertz CT molecular complexity index is 2020. The predicted molar refractivity (Wildman–Crippen MR) is 261 cm³/mol. The highest BCUT2D eigenvalue weighted by Gasteiger charge is 2.40. The van der Waals surface area contributed by atoms with Crippen molar-refractivity contribution in [1.82, 2.24) is 47.4 Å². The molecule has 1 unspecified atom stereocenters. The summed E-state index contributed by atoms with van der Waals surface area (Å²) in [4.78, 5) is 141. The number of carboxylic acids is 1. The van der Waals surface area contributed by atoms with E-state index in [1.165, 1.54) is 23.6 Å². The molecule has 14 N–H and O–H groups in total. The van der Waals surface area contributed by atoms with Gasteiger partial charge >= 0.3 is 5.97 Å². The van der Waals surface area contributed by atoms with Gasteiger partial charge in [0.2, 0.25) is 53.2 Å². The first-order valence-electron chi connectivity index (χ1n) is 22.2. The van der Waals surface area contributed by atoms with Crippen LogP contribution in [0.4, 0.5) is 0 Å². The van der Waals surface area contributed by atoms with Gasteiger partial charge in [0, 0.05) is 31.0 Å². The summed E-state index contributed by atoms with van der Waals surface area (Å²) in [5, 5.41) is 40.2. The lowest BCUT2D eigenvalue weighted by atomic mass is 10.0. The monoisotopic (exact) mass is 1020 g/mol. The van der Waals surface area contributed by atoms with E-state index in [1.54, 1.807) is 36.6 Å². The Morgan fingerprint density at radius 1 is 0.783 bits per heavy atom. The molecule has 1 aromatic carbocycles. The lowest BCUT2D eigenvalue weighted by molar-refractivity contribution is -0.143. The molecule has 24 nitrogen and oxygen atoms in total. The molecule has 2 saturated heterocycles. The van der Waals surface area contributed by atoms with E-state index in [2.05, 4.69) is 72.8 Å². The summed E-state index contributed by atoms with van der Waals surface area (Å²) in [5.74, 6) is -9.80. The Labute approximate surface area is 414 Å². The number of carboxylic acid groups (broad SMARTS) is 1. The van der Waals surface area contributed by atoms with Crippen molar-refractivity contribution in [2.45, 2.75) is 106 Å². The van der Waals surface area contributed by atoms with E-state index in [0.717, 1.165) is 0 Å². The summed E-state index contributed by atoms with van der Waals surface area (Å²) in [5.41, 5.74) is 11.8. The number of benzene rings is 1. The van der Waals surface area contributed by atoms with Crippen LogP contribution in [0.5, 0.6) is 0 Å². The number of carbonyl (C=O) groups excluding carboxylic acids is 9. The summed E-state index contributed by atoms with van der Waals surface area (Å²) < 4.78 is 0. The number of nitrogens with zero attached hydrogens (tertiary/aromatic N) is 2. The maximum Gasteiger partial charge on any atom is 0.305 e. The van der Waals surface area contributed by atoms with Crippen molar-refractivity contribution in [2.24, 2.45) is 16.5 Å². The largest absolute Gasteiger partial charge is 0.481 e. The molecule has 69 heavy (non-hydrogen) atoms. The molecule has 0 spiro atoms. The zero-order valence-corrected chi connectivity index (χ0v) is 40.9. The highest BCUT2D eigenvalue weighted by Crippen LogP contribution is 2.20. The molecule has 0 aromatic heterocycles. The van der Waals surface area contributed by atoms with Crippen molar-refractivity contribution in [3.8, 4) is 0 Å². The van der Waals surface area contributed by atoms with E-state index < -0.39 is 127 Å². The summed E-state index contributed by atoms with van der Waals surface area (Å²) in [6.07, 6.45) is -0.346. The van der Waals surface area contributed by atoms with Crippen LogP contribution in [0.15, 0.2) is 35.3 Å². The molecule has 1 aromatic rings. The van der Waals surface area contributed by atoms with Gasteiger partial charge in [-0.3, -0.25) is 52.9 Å². The summed E-state index contributed by atoms with van der Waals surface area (Å²) in [7, 11) is 0. The molecule has 2 aliphatic rings. The molecule has 2 aliphatic heterocycles. The SMILES string of the molecule is CSCC[C@@H]1NC(=O)[C@H](CC(=O)O)NC(=O)CNC(=O)[C@H](CCCN=C(N)CN)NC(=O)[C@H](C(C)O)NC(=O)[C@H](Cc2ccccc2)NC(=O)[C@@H](CS)NC(=O)[C@@H](CS)NC(=O)[C@@H]2CCCN2C1=O. The molecule has 0 radical (unpaired) electrons. The average molecular weight is 1030 g/mol. The van der Waals surface area contributed by atoms with Crippen LogP contribution in [0.25, 0.3) is 0 Å². The summed E-state index contributed by atoms with van der Waals surface area (Å²) >= 11 is 9.84. The lowest BCUT2D eigenvalue weighted by Crippen LogP contribution is -2.62. The number of nitrogens with two attached hydrogens (primary N) is 2. The molecular weight excluding hydrogens is 961 g/mol. The summed E-state index contributed by atoms with van der Waals surface area (Å²) in [6.45, 7) is 0.453. The smallest absolute Gasteiger partial charge is 0.305 e. The fraction of sp³-hybridized carbons (Fsp3) is 0.595. The van der Waals surface area contributed by atoms with Crippen LogP contribution in [-0.2, 0) is 54.4 Å². The van der Waals surface area contributed by atoms with Gasteiger partial charge in [-0.15, -0.1) is 0 Å². The highest BCUT2D eigenvalue weighted by molar-refractivity contribution is 7.98. The molecule has 2 fully saturated rings. The van der Waals surface area contributed by atoms with Crippen molar-refractivity contribution < 1.29 is 58.2 Å². The van der Waals surface area contributed by atoms with Crippen molar-refractivity contribution >= 4 is 102 Å². The highest BCUT2D eigenvalue weighted by atomic mass is 32.2.